The number of benzene rings is 3. The van der Waals surface area contributed by atoms with Gasteiger partial charge in [0.25, 0.3) is 5.91 Å². The molecule has 0 unspecified atom stereocenters. The number of thioether (sulfide) groups is 1. The Morgan fingerprint density at radius 2 is 1.97 bits per heavy atom. The average Bonchev–Trinajstić information content (AvgIpc) is 3.37. The van der Waals surface area contributed by atoms with Crippen LogP contribution in [0.15, 0.2) is 80.0 Å². The first-order chi connectivity index (χ1) is 17.9. The molecule has 0 aliphatic rings. The number of aromatic nitrogens is 1. The van der Waals surface area contributed by atoms with Crippen LogP contribution in [0, 0.1) is 0 Å². The number of halogens is 3. The standard InChI is InChI=1S/C26H20BrCl2N3O3S2/c1-34-23-11-16(10-20(27)25(23)35-13-18-4-2-3-5-21(18)29)12-30-32-24(33)15-37-26-31-22(14-36-26)17-6-8-19(28)9-7-17/h2-12,14H,13,15H2,1H3,(H,32,33)/b30-12+. The molecule has 190 valence electrons. The zero-order valence-corrected chi connectivity index (χ0v) is 24.1. The van der Waals surface area contributed by atoms with Crippen molar-refractivity contribution in [3.05, 3.63) is 91.7 Å². The molecule has 0 aliphatic carbocycles. The highest BCUT2D eigenvalue weighted by atomic mass is 79.9. The summed E-state index contributed by atoms with van der Waals surface area (Å²) < 4.78 is 12.9. The summed E-state index contributed by atoms with van der Waals surface area (Å²) in [6, 6.07) is 18.6. The van der Waals surface area contributed by atoms with E-state index >= 15 is 0 Å². The third-order valence-electron chi connectivity index (χ3n) is 4.93. The molecule has 0 saturated heterocycles. The molecule has 3 aromatic carbocycles. The van der Waals surface area contributed by atoms with Crippen molar-refractivity contribution in [3.8, 4) is 22.8 Å². The van der Waals surface area contributed by atoms with Gasteiger partial charge >= 0.3 is 0 Å². The van der Waals surface area contributed by atoms with Gasteiger partial charge in [0.15, 0.2) is 15.8 Å². The predicted molar refractivity (Wildman–Crippen MR) is 155 cm³/mol. The van der Waals surface area contributed by atoms with Crippen LogP contribution in [-0.2, 0) is 11.4 Å². The summed E-state index contributed by atoms with van der Waals surface area (Å²) in [6.07, 6.45) is 1.54. The Morgan fingerprint density at radius 3 is 2.73 bits per heavy atom. The second-order valence-electron chi connectivity index (χ2n) is 7.50. The molecule has 0 bridgehead atoms. The number of carbonyl (C=O) groups is 1. The Morgan fingerprint density at radius 1 is 1.19 bits per heavy atom. The monoisotopic (exact) mass is 635 g/mol. The van der Waals surface area contributed by atoms with E-state index in [-0.39, 0.29) is 18.3 Å². The maximum Gasteiger partial charge on any atom is 0.250 e. The van der Waals surface area contributed by atoms with Crippen LogP contribution in [0.4, 0.5) is 0 Å². The molecule has 1 amide bonds. The number of ether oxygens (including phenoxy) is 2. The normalized spacial score (nSPS) is 11.0. The quantitative estimate of drug-likeness (QED) is 0.110. The lowest BCUT2D eigenvalue weighted by molar-refractivity contribution is -0.118. The Kier molecular flexibility index (Phi) is 9.88. The van der Waals surface area contributed by atoms with Crippen molar-refractivity contribution in [1.82, 2.24) is 10.4 Å². The molecule has 6 nitrogen and oxygen atoms in total. The smallest absolute Gasteiger partial charge is 0.250 e. The number of nitrogens with one attached hydrogen (secondary N) is 1. The van der Waals surface area contributed by atoms with Crippen LogP contribution in [0.25, 0.3) is 11.3 Å². The first-order valence-electron chi connectivity index (χ1n) is 10.8. The summed E-state index contributed by atoms with van der Waals surface area (Å²) in [5.74, 6) is 1.01. The summed E-state index contributed by atoms with van der Waals surface area (Å²) in [4.78, 5) is 16.8. The summed E-state index contributed by atoms with van der Waals surface area (Å²) in [5.41, 5.74) is 5.95. The fraction of sp³-hybridized carbons (Fsp3) is 0.115. The summed E-state index contributed by atoms with van der Waals surface area (Å²) in [7, 11) is 1.56. The van der Waals surface area contributed by atoms with Crippen LogP contribution < -0.4 is 14.9 Å². The Balaban J connectivity index is 1.31. The first kappa shape index (κ1) is 27.5. The van der Waals surface area contributed by atoms with E-state index in [4.69, 9.17) is 32.7 Å². The van der Waals surface area contributed by atoms with Gasteiger partial charge in [-0.2, -0.15) is 5.10 Å². The first-order valence-corrected chi connectivity index (χ1v) is 14.2. The maximum absolute atomic E-state index is 12.3. The Labute approximate surface area is 241 Å². The van der Waals surface area contributed by atoms with Gasteiger partial charge in [0.2, 0.25) is 0 Å². The molecular weight excluding hydrogens is 617 g/mol. The molecule has 4 rings (SSSR count). The number of thiazole rings is 1. The highest BCUT2D eigenvalue weighted by molar-refractivity contribution is 9.10. The van der Waals surface area contributed by atoms with Gasteiger partial charge in [-0.05, 0) is 51.8 Å². The summed E-state index contributed by atoms with van der Waals surface area (Å²) in [6.45, 7) is 0.288. The molecule has 0 atom stereocenters. The average molecular weight is 637 g/mol. The molecular formula is C26H20BrCl2N3O3S2. The molecule has 0 spiro atoms. The number of hydrogen-bond donors (Lipinski definition) is 1. The maximum atomic E-state index is 12.3. The number of amides is 1. The molecule has 11 heteroatoms. The molecule has 0 aliphatic heterocycles. The number of carbonyl (C=O) groups excluding carboxylic acids is 1. The van der Waals surface area contributed by atoms with Crippen LogP contribution in [-0.4, -0.2) is 30.0 Å². The SMILES string of the molecule is COc1cc(/C=N/NC(=O)CSc2nc(-c3ccc(Cl)cc3)cs2)cc(Br)c1OCc1ccccc1Cl. The third-order valence-corrected chi connectivity index (χ3v) is 8.17. The van der Waals surface area contributed by atoms with Crippen molar-refractivity contribution in [2.24, 2.45) is 5.10 Å². The number of rotatable bonds is 10. The predicted octanol–water partition coefficient (Wildman–Crippen LogP) is 7.71. The molecule has 4 aromatic rings. The van der Waals surface area contributed by atoms with Crippen molar-refractivity contribution < 1.29 is 14.3 Å². The Hall–Kier alpha value is -2.56. The zero-order chi connectivity index (χ0) is 26.2. The zero-order valence-electron chi connectivity index (χ0n) is 19.4. The van der Waals surface area contributed by atoms with Gasteiger partial charge in [0.05, 0.1) is 29.2 Å². The van der Waals surface area contributed by atoms with Crippen LogP contribution in [0.3, 0.4) is 0 Å². The third kappa shape index (κ3) is 7.72. The molecule has 1 heterocycles. The van der Waals surface area contributed by atoms with E-state index in [2.05, 4.69) is 31.4 Å². The van der Waals surface area contributed by atoms with Crippen molar-refractivity contribution in [2.45, 2.75) is 10.9 Å². The Bertz CT molecular complexity index is 1410. The number of hydrogen-bond acceptors (Lipinski definition) is 7. The fourth-order valence-electron chi connectivity index (χ4n) is 3.13. The molecule has 37 heavy (non-hydrogen) atoms. The summed E-state index contributed by atoms with van der Waals surface area (Å²) >= 11 is 18.5. The number of methoxy groups -OCH3 is 1. The lowest BCUT2D eigenvalue weighted by atomic mass is 10.2. The topological polar surface area (TPSA) is 72.8 Å². The van der Waals surface area contributed by atoms with Gasteiger partial charge in [-0.1, -0.05) is 65.3 Å². The van der Waals surface area contributed by atoms with Gasteiger partial charge in [-0.15, -0.1) is 11.3 Å². The van der Waals surface area contributed by atoms with E-state index in [1.54, 1.807) is 13.2 Å². The van der Waals surface area contributed by atoms with Gasteiger partial charge < -0.3 is 9.47 Å². The number of hydrazone groups is 1. The van der Waals surface area contributed by atoms with E-state index < -0.39 is 0 Å². The minimum Gasteiger partial charge on any atom is -0.493 e. The van der Waals surface area contributed by atoms with Gasteiger partial charge in [-0.25, -0.2) is 10.4 Å². The van der Waals surface area contributed by atoms with Crippen molar-refractivity contribution in [1.29, 1.82) is 0 Å². The molecule has 0 fully saturated rings. The van der Waals surface area contributed by atoms with Crippen LogP contribution in [0.5, 0.6) is 11.5 Å². The lowest BCUT2D eigenvalue weighted by Crippen LogP contribution is -2.19. The lowest BCUT2D eigenvalue weighted by Gasteiger charge is -2.14. The van der Waals surface area contributed by atoms with Gasteiger partial charge in [0, 0.05) is 26.6 Å². The van der Waals surface area contributed by atoms with E-state index in [0.717, 1.165) is 21.2 Å². The fourth-order valence-corrected chi connectivity index (χ4v) is 5.65. The van der Waals surface area contributed by atoms with Crippen molar-refractivity contribution in [3.63, 3.8) is 0 Å². The van der Waals surface area contributed by atoms with Crippen LogP contribution in [0.1, 0.15) is 11.1 Å². The van der Waals surface area contributed by atoms with E-state index in [0.29, 0.717) is 31.6 Å². The minimum atomic E-state index is -0.241. The van der Waals surface area contributed by atoms with E-state index in [1.165, 1.54) is 29.3 Å². The van der Waals surface area contributed by atoms with Crippen LogP contribution >= 0.6 is 62.2 Å². The van der Waals surface area contributed by atoms with E-state index in [9.17, 15) is 4.79 Å². The summed E-state index contributed by atoms with van der Waals surface area (Å²) in [5, 5.41) is 7.32. The molecule has 1 N–H and O–H groups in total. The van der Waals surface area contributed by atoms with Crippen LogP contribution in [0.2, 0.25) is 10.0 Å². The second-order valence-corrected chi connectivity index (χ2v) is 11.3. The molecule has 0 radical (unpaired) electrons. The number of nitrogens with zero attached hydrogens (tertiary/aromatic N) is 2. The van der Waals surface area contributed by atoms with Crippen molar-refractivity contribution >= 4 is 74.4 Å². The van der Waals surface area contributed by atoms with Gasteiger partial charge in [-0.3, -0.25) is 4.79 Å². The second kappa shape index (κ2) is 13.3. The van der Waals surface area contributed by atoms with E-state index in [1.807, 2.05) is 60.0 Å². The molecule has 1 aromatic heterocycles. The highest BCUT2D eigenvalue weighted by Gasteiger charge is 2.13. The minimum absolute atomic E-state index is 0.187. The molecule has 0 saturated carbocycles. The highest BCUT2D eigenvalue weighted by Crippen LogP contribution is 2.37. The largest absolute Gasteiger partial charge is 0.493 e. The van der Waals surface area contributed by atoms with Crippen molar-refractivity contribution in [2.75, 3.05) is 12.9 Å². The van der Waals surface area contributed by atoms with Gasteiger partial charge in [0.1, 0.15) is 6.61 Å².